The molecule has 0 amide bonds. The van der Waals surface area contributed by atoms with Crippen molar-refractivity contribution in [3.8, 4) is 0 Å². The molecule has 1 N–H and O–H groups in total. The summed E-state index contributed by atoms with van der Waals surface area (Å²) in [6.07, 6.45) is 2.68. The number of aromatic amines is 1. The highest BCUT2D eigenvalue weighted by Crippen LogP contribution is 2.14. The number of nitrogens with zero attached hydrogens (tertiary/aromatic N) is 1. The molecule has 0 aliphatic carbocycles. The first-order valence-electron chi connectivity index (χ1n) is 6.33. The van der Waals surface area contributed by atoms with Gasteiger partial charge in [-0.2, -0.15) is 0 Å². The molecule has 3 nitrogen and oxygen atoms in total. The molecule has 3 rings (SSSR count). The third-order valence-corrected chi connectivity index (χ3v) is 3.18. The monoisotopic (exact) mass is 250 g/mol. The fraction of sp³-hybridized carbons (Fsp3) is 0.125. The minimum atomic E-state index is 0.672. The van der Waals surface area contributed by atoms with E-state index in [0.717, 1.165) is 36.0 Å². The molecule has 19 heavy (non-hydrogen) atoms. The summed E-state index contributed by atoms with van der Waals surface area (Å²) < 4.78 is 0. The summed E-state index contributed by atoms with van der Waals surface area (Å²) in [4.78, 5) is 18.5. The molecule has 0 saturated carbocycles. The van der Waals surface area contributed by atoms with Crippen molar-refractivity contribution in [2.45, 2.75) is 12.8 Å². The Labute approximate surface area is 111 Å². The zero-order valence-corrected chi connectivity index (χ0v) is 10.5. The van der Waals surface area contributed by atoms with Crippen LogP contribution in [0.3, 0.4) is 0 Å². The van der Waals surface area contributed by atoms with E-state index >= 15 is 0 Å². The predicted molar refractivity (Wildman–Crippen MR) is 75.3 cm³/mol. The highest BCUT2D eigenvalue weighted by molar-refractivity contribution is 5.84. The van der Waals surface area contributed by atoms with Crippen LogP contribution in [0.4, 0.5) is 0 Å². The molecule has 94 valence electrons. The normalized spacial score (nSPS) is 10.7. The first-order valence-corrected chi connectivity index (χ1v) is 6.33. The van der Waals surface area contributed by atoms with Crippen LogP contribution < -0.4 is 0 Å². The molecule has 0 unspecified atom stereocenters. The topological polar surface area (TPSA) is 45.8 Å². The van der Waals surface area contributed by atoms with Gasteiger partial charge >= 0.3 is 0 Å². The van der Waals surface area contributed by atoms with Gasteiger partial charge in [-0.3, -0.25) is 4.79 Å². The molecule has 2 aromatic carbocycles. The zero-order chi connectivity index (χ0) is 13.1. The van der Waals surface area contributed by atoms with E-state index in [1.54, 1.807) is 6.07 Å². The first kappa shape index (κ1) is 11.7. The van der Waals surface area contributed by atoms with E-state index in [1.165, 1.54) is 5.56 Å². The zero-order valence-electron chi connectivity index (χ0n) is 10.5. The lowest BCUT2D eigenvalue weighted by Gasteiger charge is -1.97. The van der Waals surface area contributed by atoms with Gasteiger partial charge in [0.25, 0.3) is 0 Å². The number of hydrogen-bond acceptors (Lipinski definition) is 2. The second-order valence-electron chi connectivity index (χ2n) is 4.56. The second-order valence-corrected chi connectivity index (χ2v) is 4.56. The minimum absolute atomic E-state index is 0.672. The molecule has 0 bridgehead atoms. The van der Waals surface area contributed by atoms with Crippen molar-refractivity contribution >= 4 is 17.3 Å². The van der Waals surface area contributed by atoms with Gasteiger partial charge in [-0.05, 0) is 30.2 Å². The van der Waals surface area contributed by atoms with Crippen LogP contribution in [0.5, 0.6) is 0 Å². The van der Waals surface area contributed by atoms with Gasteiger partial charge in [0, 0.05) is 12.0 Å². The Morgan fingerprint density at radius 1 is 1.05 bits per heavy atom. The quantitative estimate of drug-likeness (QED) is 0.723. The number of rotatable bonds is 4. The lowest BCUT2D eigenvalue weighted by molar-refractivity contribution is 0.112. The van der Waals surface area contributed by atoms with Crippen LogP contribution in [0.25, 0.3) is 11.0 Å². The highest BCUT2D eigenvalue weighted by atomic mass is 16.1. The van der Waals surface area contributed by atoms with Crippen LogP contribution >= 0.6 is 0 Å². The van der Waals surface area contributed by atoms with Crippen LogP contribution in [-0.4, -0.2) is 16.3 Å². The van der Waals surface area contributed by atoms with Crippen LogP contribution in [0.1, 0.15) is 21.7 Å². The summed E-state index contributed by atoms with van der Waals surface area (Å²) in [5.74, 6) is 0.960. The molecule has 0 aliphatic rings. The third kappa shape index (κ3) is 2.55. The summed E-state index contributed by atoms with van der Waals surface area (Å²) in [7, 11) is 0. The number of carbonyl (C=O) groups excluding carboxylic acids is 1. The number of hydrogen-bond donors (Lipinski definition) is 1. The van der Waals surface area contributed by atoms with Gasteiger partial charge in [-0.15, -0.1) is 0 Å². The number of aromatic nitrogens is 2. The first-order chi connectivity index (χ1) is 9.35. The SMILES string of the molecule is O=Cc1ccc2nc(CCc3ccccc3)[nH]c2c1. The van der Waals surface area contributed by atoms with Gasteiger partial charge in [0.05, 0.1) is 11.0 Å². The molecule has 0 aliphatic heterocycles. The summed E-state index contributed by atoms with van der Waals surface area (Å²) in [5, 5.41) is 0. The Morgan fingerprint density at radius 3 is 2.68 bits per heavy atom. The molecule has 0 atom stereocenters. The molecule has 0 spiro atoms. The fourth-order valence-electron chi connectivity index (χ4n) is 2.18. The van der Waals surface area contributed by atoms with Crippen molar-refractivity contribution in [1.29, 1.82) is 0 Å². The third-order valence-electron chi connectivity index (χ3n) is 3.18. The largest absolute Gasteiger partial charge is 0.342 e. The van der Waals surface area contributed by atoms with E-state index in [1.807, 2.05) is 30.3 Å². The van der Waals surface area contributed by atoms with Crippen molar-refractivity contribution < 1.29 is 4.79 Å². The molecule has 0 radical (unpaired) electrons. The molecular formula is C16H14N2O. The maximum absolute atomic E-state index is 10.7. The lowest BCUT2D eigenvalue weighted by atomic mass is 10.1. The number of nitrogens with one attached hydrogen (secondary N) is 1. The predicted octanol–water partition coefficient (Wildman–Crippen LogP) is 3.16. The Morgan fingerprint density at radius 2 is 1.89 bits per heavy atom. The summed E-state index contributed by atoms with van der Waals surface area (Å²) in [5.41, 5.74) is 3.81. The van der Waals surface area contributed by atoms with Gasteiger partial charge < -0.3 is 4.98 Å². The number of carbonyl (C=O) groups is 1. The summed E-state index contributed by atoms with van der Waals surface area (Å²) in [6.45, 7) is 0. The Bertz CT molecular complexity index is 701. The number of H-pyrrole nitrogens is 1. The van der Waals surface area contributed by atoms with E-state index in [4.69, 9.17) is 0 Å². The smallest absolute Gasteiger partial charge is 0.150 e. The summed E-state index contributed by atoms with van der Waals surface area (Å²) in [6, 6.07) is 15.8. The Kier molecular flexibility index (Phi) is 3.11. The van der Waals surface area contributed by atoms with Gasteiger partial charge in [0.1, 0.15) is 12.1 Å². The Balaban J connectivity index is 1.80. The van der Waals surface area contributed by atoms with E-state index in [0.29, 0.717) is 5.56 Å². The van der Waals surface area contributed by atoms with Gasteiger partial charge in [0.15, 0.2) is 0 Å². The van der Waals surface area contributed by atoms with Gasteiger partial charge in [-0.25, -0.2) is 4.98 Å². The van der Waals surface area contributed by atoms with E-state index < -0.39 is 0 Å². The average molecular weight is 250 g/mol. The number of fused-ring (bicyclic) bond motifs is 1. The van der Waals surface area contributed by atoms with Crippen molar-refractivity contribution in [2.75, 3.05) is 0 Å². The van der Waals surface area contributed by atoms with Crippen LogP contribution in [-0.2, 0) is 12.8 Å². The maximum Gasteiger partial charge on any atom is 0.150 e. The minimum Gasteiger partial charge on any atom is -0.342 e. The average Bonchev–Trinajstić information content (AvgIpc) is 2.88. The molecule has 1 heterocycles. The Hall–Kier alpha value is -2.42. The van der Waals surface area contributed by atoms with Crippen molar-refractivity contribution in [1.82, 2.24) is 9.97 Å². The van der Waals surface area contributed by atoms with E-state index in [-0.39, 0.29) is 0 Å². The standard InChI is InChI=1S/C16H14N2O/c19-11-13-6-8-14-15(10-13)18-16(17-14)9-7-12-4-2-1-3-5-12/h1-6,8,10-11H,7,9H2,(H,17,18). The van der Waals surface area contributed by atoms with Gasteiger partial charge in [-0.1, -0.05) is 30.3 Å². The van der Waals surface area contributed by atoms with Gasteiger partial charge in [0.2, 0.25) is 0 Å². The maximum atomic E-state index is 10.7. The number of imidazole rings is 1. The second kappa shape index (κ2) is 5.06. The molecule has 3 heteroatoms. The molecule has 0 fully saturated rings. The fourth-order valence-corrected chi connectivity index (χ4v) is 2.18. The summed E-state index contributed by atoms with van der Waals surface area (Å²) >= 11 is 0. The molecular weight excluding hydrogens is 236 g/mol. The molecule has 3 aromatic rings. The van der Waals surface area contributed by atoms with Crippen molar-refractivity contribution in [3.05, 3.63) is 65.5 Å². The lowest BCUT2D eigenvalue weighted by Crippen LogP contribution is -1.92. The number of benzene rings is 2. The molecule has 0 saturated heterocycles. The van der Waals surface area contributed by atoms with Crippen LogP contribution in [0, 0.1) is 0 Å². The van der Waals surface area contributed by atoms with Crippen LogP contribution in [0.15, 0.2) is 48.5 Å². The van der Waals surface area contributed by atoms with Crippen molar-refractivity contribution in [3.63, 3.8) is 0 Å². The van der Waals surface area contributed by atoms with E-state index in [9.17, 15) is 4.79 Å². The van der Waals surface area contributed by atoms with Crippen molar-refractivity contribution in [2.24, 2.45) is 0 Å². The molecule has 1 aromatic heterocycles. The van der Waals surface area contributed by atoms with E-state index in [2.05, 4.69) is 22.1 Å². The highest BCUT2D eigenvalue weighted by Gasteiger charge is 2.04. The number of aldehydes is 1. The van der Waals surface area contributed by atoms with Crippen LogP contribution in [0.2, 0.25) is 0 Å². The number of aryl methyl sites for hydroxylation is 2.